The van der Waals surface area contributed by atoms with Gasteiger partial charge in [-0.25, -0.2) is 14.9 Å². The molecule has 0 spiro atoms. The van der Waals surface area contributed by atoms with Gasteiger partial charge in [-0.15, -0.1) is 5.10 Å². The molecule has 0 bridgehead atoms. The number of likely N-dealkylation sites (tertiary alicyclic amines) is 1. The number of hydrogen-bond donors (Lipinski definition) is 2. The van der Waals surface area contributed by atoms with Crippen molar-refractivity contribution in [3.05, 3.63) is 70.4 Å². The zero-order valence-corrected chi connectivity index (χ0v) is 14.6. The first-order chi connectivity index (χ1) is 12.5. The molecule has 134 valence electrons. The quantitative estimate of drug-likeness (QED) is 0.744. The summed E-state index contributed by atoms with van der Waals surface area (Å²) in [7, 11) is 0. The van der Waals surface area contributed by atoms with E-state index in [4.69, 9.17) is 0 Å². The van der Waals surface area contributed by atoms with Gasteiger partial charge in [0.1, 0.15) is 5.82 Å². The maximum absolute atomic E-state index is 12.7. The van der Waals surface area contributed by atoms with E-state index in [9.17, 15) is 9.59 Å². The maximum atomic E-state index is 12.7. The van der Waals surface area contributed by atoms with Crippen LogP contribution in [0, 0.1) is 5.41 Å². The summed E-state index contributed by atoms with van der Waals surface area (Å²) >= 11 is 0. The number of carbonyl (C=O) groups is 1. The number of rotatable bonds is 4. The van der Waals surface area contributed by atoms with Crippen molar-refractivity contribution in [3.63, 3.8) is 0 Å². The lowest BCUT2D eigenvalue weighted by atomic mass is 9.74. The molecule has 0 radical (unpaired) electrons. The first-order valence-corrected chi connectivity index (χ1v) is 8.46. The van der Waals surface area contributed by atoms with Crippen LogP contribution < -0.4 is 5.69 Å². The van der Waals surface area contributed by atoms with Gasteiger partial charge in [-0.3, -0.25) is 9.78 Å². The molecule has 3 heterocycles. The van der Waals surface area contributed by atoms with E-state index in [2.05, 4.69) is 50.7 Å². The largest absolute Gasteiger partial charge is 0.341 e. The van der Waals surface area contributed by atoms with Crippen molar-refractivity contribution in [2.75, 3.05) is 6.54 Å². The number of imidazole rings is 1. The molecule has 1 aliphatic heterocycles. The van der Waals surface area contributed by atoms with Gasteiger partial charge in [-0.05, 0) is 5.56 Å². The number of hydrogen-bond acceptors (Lipinski definition) is 4. The Morgan fingerprint density at radius 1 is 1.31 bits per heavy atom. The van der Waals surface area contributed by atoms with Crippen LogP contribution in [0.2, 0.25) is 0 Å². The highest BCUT2D eigenvalue weighted by atomic mass is 16.2. The minimum atomic E-state index is -0.490. The number of amides is 1. The highest BCUT2D eigenvalue weighted by molar-refractivity contribution is 5.91. The fourth-order valence-corrected chi connectivity index (χ4v) is 3.59. The number of H-pyrrole nitrogens is 2. The minimum Gasteiger partial charge on any atom is -0.329 e. The molecule has 26 heavy (non-hydrogen) atoms. The summed E-state index contributed by atoms with van der Waals surface area (Å²) in [6.07, 6.45) is 3.68. The summed E-state index contributed by atoms with van der Waals surface area (Å²) in [5, 5.41) is 6.00. The molecular formula is C18H20N6O2. The van der Waals surface area contributed by atoms with E-state index in [1.165, 1.54) is 5.56 Å². The molecule has 1 aromatic carbocycles. The summed E-state index contributed by atoms with van der Waals surface area (Å²) < 4.78 is 2.06. The first-order valence-electron chi connectivity index (χ1n) is 8.46. The third-order valence-electron chi connectivity index (χ3n) is 4.78. The number of benzene rings is 1. The fourth-order valence-electron chi connectivity index (χ4n) is 3.59. The van der Waals surface area contributed by atoms with Crippen LogP contribution in [0.4, 0.5) is 0 Å². The lowest BCUT2D eigenvalue weighted by Gasteiger charge is -2.53. The molecule has 3 aromatic rings. The average molecular weight is 352 g/mol. The predicted octanol–water partition coefficient (Wildman–Crippen LogP) is 1.57. The van der Waals surface area contributed by atoms with Gasteiger partial charge >= 0.3 is 5.69 Å². The van der Waals surface area contributed by atoms with Crippen molar-refractivity contribution < 1.29 is 4.79 Å². The van der Waals surface area contributed by atoms with Crippen molar-refractivity contribution in [2.24, 2.45) is 5.41 Å². The molecule has 4 rings (SSSR count). The Kier molecular flexibility index (Phi) is 3.75. The van der Waals surface area contributed by atoms with Gasteiger partial charge in [-0.2, -0.15) is 0 Å². The molecule has 0 saturated carbocycles. The minimum absolute atomic E-state index is 0.0247. The Morgan fingerprint density at radius 3 is 2.73 bits per heavy atom. The molecule has 0 aliphatic carbocycles. The van der Waals surface area contributed by atoms with E-state index in [0.717, 1.165) is 5.82 Å². The Hall–Kier alpha value is -3.16. The van der Waals surface area contributed by atoms with E-state index in [-0.39, 0.29) is 23.2 Å². The second-order valence-electron chi connectivity index (χ2n) is 7.25. The topological polar surface area (TPSA) is 99.7 Å². The van der Waals surface area contributed by atoms with Crippen molar-refractivity contribution in [1.29, 1.82) is 0 Å². The summed E-state index contributed by atoms with van der Waals surface area (Å²) in [5.41, 5.74) is 0.556. The van der Waals surface area contributed by atoms with Gasteiger partial charge in [0.15, 0.2) is 0 Å². The van der Waals surface area contributed by atoms with Gasteiger partial charge in [0.05, 0.1) is 6.04 Å². The smallest absolute Gasteiger partial charge is 0.329 e. The Balaban J connectivity index is 1.64. The highest BCUT2D eigenvalue weighted by Crippen LogP contribution is 2.48. The van der Waals surface area contributed by atoms with E-state index in [1.54, 1.807) is 11.1 Å². The zero-order valence-electron chi connectivity index (χ0n) is 14.6. The van der Waals surface area contributed by atoms with Crippen LogP contribution in [0.25, 0.3) is 0 Å². The molecule has 1 aliphatic rings. The highest BCUT2D eigenvalue weighted by Gasteiger charge is 2.51. The number of nitrogens with one attached hydrogen (secondary N) is 2. The zero-order chi connectivity index (χ0) is 18.3. The van der Waals surface area contributed by atoms with Gasteiger partial charge in [-0.1, -0.05) is 44.2 Å². The number of carbonyl (C=O) groups excluding carboxylic acids is 1. The van der Waals surface area contributed by atoms with Crippen molar-refractivity contribution >= 4 is 5.91 Å². The number of nitrogens with zero attached hydrogens (tertiary/aromatic N) is 4. The summed E-state index contributed by atoms with van der Waals surface area (Å²) in [4.78, 5) is 32.7. The van der Waals surface area contributed by atoms with Crippen molar-refractivity contribution in [2.45, 2.75) is 26.4 Å². The fraction of sp³-hybridized carbons (Fsp3) is 0.333. The molecule has 1 fully saturated rings. The molecule has 1 amide bonds. The van der Waals surface area contributed by atoms with Crippen LogP contribution in [0.15, 0.2) is 47.5 Å². The van der Waals surface area contributed by atoms with Crippen LogP contribution in [0.5, 0.6) is 0 Å². The lowest BCUT2D eigenvalue weighted by Crippen LogP contribution is -2.58. The van der Waals surface area contributed by atoms with Gasteiger partial charge in [0.25, 0.3) is 5.91 Å². The molecular weight excluding hydrogens is 332 g/mol. The third kappa shape index (κ3) is 2.73. The third-order valence-corrected chi connectivity index (χ3v) is 4.78. The number of aromatic amines is 2. The predicted molar refractivity (Wildman–Crippen MR) is 94.5 cm³/mol. The van der Waals surface area contributed by atoms with E-state index in [0.29, 0.717) is 13.1 Å². The summed E-state index contributed by atoms with van der Waals surface area (Å²) in [5.74, 6) is 0.551. The summed E-state index contributed by atoms with van der Waals surface area (Å²) in [6, 6.07) is 9.93. The second-order valence-corrected chi connectivity index (χ2v) is 7.25. The standard InChI is InChI=1S/C18H20N6O2/c1-18(2)11-24(16(25)14-20-17(26)22-21-14)13(18)15-19-8-9-23(15)10-12-6-4-3-5-7-12/h3-9,13H,10-11H2,1-2H3,(H2,20,21,22,26). The average Bonchev–Trinajstić information content (AvgIpc) is 3.23. The van der Waals surface area contributed by atoms with Crippen LogP contribution in [0.1, 0.15) is 41.9 Å². The molecule has 2 N–H and O–H groups in total. The molecule has 1 saturated heterocycles. The molecule has 8 nitrogen and oxygen atoms in total. The second kappa shape index (κ2) is 5.98. The van der Waals surface area contributed by atoms with Gasteiger partial charge in [0.2, 0.25) is 5.82 Å². The maximum Gasteiger partial charge on any atom is 0.341 e. The van der Waals surface area contributed by atoms with Gasteiger partial charge in [0, 0.05) is 30.9 Å². The molecule has 2 aromatic heterocycles. The van der Waals surface area contributed by atoms with E-state index < -0.39 is 5.69 Å². The number of aromatic nitrogens is 5. The monoisotopic (exact) mass is 352 g/mol. The van der Waals surface area contributed by atoms with E-state index >= 15 is 0 Å². The first kappa shape index (κ1) is 16.3. The van der Waals surface area contributed by atoms with Crippen molar-refractivity contribution in [1.82, 2.24) is 29.6 Å². The van der Waals surface area contributed by atoms with Crippen LogP contribution in [-0.2, 0) is 6.54 Å². The Bertz CT molecular complexity index is 984. The molecule has 1 unspecified atom stereocenters. The Labute approximate surface area is 149 Å². The van der Waals surface area contributed by atoms with Crippen molar-refractivity contribution in [3.8, 4) is 0 Å². The van der Waals surface area contributed by atoms with Crippen LogP contribution in [0.3, 0.4) is 0 Å². The molecule has 1 atom stereocenters. The van der Waals surface area contributed by atoms with Crippen LogP contribution in [-0.4, -0.2) is 42.1 Å². The Morgan fingerprint density at radius 2 is 2.08 bits per heavy atom. The lowest BCUT2D eigenvalue weighted by molar-refractivity contribution is -0.0384. The summed E-state index contributed by atoms with van der Waals surface area (Å²) in [6.45, 7) is 5.47. The van der Waals surface area contributed by atoms with Crippen LogP contribution >= 0.6 is 0 Å². The van der Waals surface area contributed by atoms with E-state index in [1.807, 2.05) is 24.4 Å². The normalized spacial score (nSPS) is 18.5. The molecule has 8 heteroatoms. The SMILES string of the molecule is CC1(C)CN(C(=O)c2n[nH]c(=O)[nH]2)C1c1nccn1Cc1ccccc1. The van der Waals surface area contributed by atoms with Gasteiger partial charge < -0.3 is 9.47 Å².